The molecule has 0 unspecified atom stereocenters. The molecule has 1 N–H and O–H groups in total. The van der Waals surface area contributed by atoms with Gasteiger partial charge in [0.1, 0.15) is 5.75 Å². The number of rotatable bonds is 8. The van der Waals surface area contributed by atoms with Crippen molar-refractivity contribution in [3.63, 3.8) is 0 Å². The molecule has 0 aliphatic heterocycles. The number of para-hydroxylation sites is 1. The van der Waals surface area contributed by atoms with Crippen LogP contribution in [0.25, 0.3) is 6.08 Å². The standard InChI is InChI=1S/C29H22FNO4/c30-26-8-4-5-9-27(26)35-25-16-12-21(13-17-25)18-19-31(28(32)23-6-2-1-3-7-23)20-22-10-14-24(15-11-22)29(33)34/h1-19H,20H2,(H,33,34). The van der Waals surface area contributed by atoms with Crippen LogP contribution >= 0.6 is 0 Å². The molecule has 4 rings (SSSR count). The van der Waals surface area contributed by atoms with Crippen molar-refractivity contribution >= 4 is 18.0 Å². The minimum absolute atomic E-state index is 0.143. The molecule has 0 fully saturated rings. The summed E-state index contributed by atoms with van der Waals surface area (Å²) in [7, 11) is 0. The predicted octanol–water partition coefficient (Wildman–Crippen LogP) is 6.63. The predicted molar refractivity (Wildman–Crippen MR) is 132 cm³/mol. The highest BCUT2D eigenvalue weighted by Crippen LogP contribution is 2.24. The van der Waals surface area contributed by atoms with Gasteiger partial charge in [0.2, 0.25) is 0 Å². The van der Waals surface area contributed by atoms with E-state index in [0.717, 1.165) is 11.1 Å². The molecule has 4 aromatic carbocycles. The van der Waals surface area contributed by atoms with E-state index in [2.05, 4.69) is 0 Å². The highest BCUT2D eigenvalue weighted by molar-refractivity contribution is 5.95. The second-order valence-electron chi connectivity index (χ2n) is 7.72. The van der Waals surface area contributed by atoms with Crippen LogP contribution < -0.4 is 4.74 Å². The molecule has 0 spiro atoms. The largest absolute Gasteiger partial charge is 0.478 e. The topological polar surface area (TPSA) is 66.8 Å². The maximum Gasteiger partial charge on any atom is 0.335 e. The average molecular weight is 467 g/mol. The van der Waals surface area contributed by atoms with E-state index < -0.39 is 11.8 Å². The molecule has 0 aliphatic rings. The van der Waals surface area contributed by atoms with Gasteiger partial charge in [-0.15, -0.1) is 0 Å². The number of benzene rings is 4. The van der Waals surface area contributed by atoms with Crippen LogP contribution in [-0.2, 0) is 6.54 Å². The maximum atomic E-state index is 13.8. The molecule has 0 heterocycles. The quantitative estimate of drug-likeness (QED) is 0.316. The van der Waals surface area contributed by atoms with Gasteiger partial charge in [-0.1, -0.05) is 54.6 Å². The summed E-state index contributed by atoms with van der Waals surface area (Å²) in [5, 5.41) is 9.12. The number of hydrogen-bond acceptors (Lipinski definition) is 3. The molecular formula is C29H22FNO4. The van der Waals surface area contributed by atoms with Crippen LogP contribution in [0, 0.1) is 5.82 Å². The molecule has 6 heteroatoms. The lowest BCUT2D eigenvalue weighted by Crippen LogP contribution is -2.25. The van der Waals surface area contributed by atoms with Gasteiger partial charge in [-0.05, 0) is 65.7 Å². The smallest absolute Gasteiger partial charge is 0.335 e. The summed E-state index contributed by atoms with van der Waals surface area (Å²) in [6.45, 7) is 0.263. The first kappa shape index (κ1) is 23.4. The Morgan fingerprint density at radius 2 is 1.46 bits per heavy atom. The van der Waals surface area contributed by atoms with Crippen LogP contribution in [0.5, 0.6) is 11.5 Å². The fourth-order valence-electron chi connectivity index (χ4n) is 3.37. The van der Waals surface area contributed by atoms with Crippen LogP contribution in [0.1, 0.15) is 31.8 Å². The van der Waals surface area contributed by atoms with Gasteiger partial charge in [0, 0.05) is 11.8 Å². The summed E-state index contributed by atoms with van der Waals surface area (Å²) in [4.78, 5) is 25.9. The van der Waals surface area contributed by atoms with Crippen molar-refractivity contribution in [2.75, 3.05) is 0 Å². The second-order valence-corrected chi connectivity index (χ2v) is 7.72. The van der Waals surface area contributed by atoms with E-state index in [1.807, 2.05) is 6.07 Å². The van der Waals surface area contributed by atoms with Gasteiger partial charge >= 0.3 is 5.97 Å². The summed E-state index contributed by atoms with van der Waals surface area (Å²) in [6.07, 6.45) is 3.48. The molecule has 1 amide bonds. The van der Waals surface area contributed by atoms with Crippen LogP contribution in [0.15, 0.2) is 109 Å². The van der Waals surface area contributed by atoms with Gasteiger partial charge in [-0.3, -0.25) is 4.79 Å². The molecule has 5 nitrogen and oxygen atoms in total. The van der Waals surface area contributed by atoms with E-state index in [0.29, 0.717) is 11.3 Å². The Hall–Kier alpha value is -4.71. The Morgan fingerprint density at radius 3 is 2.11 bits per heavy atom. The van der Waals surface area contributed by atoms with Crippen molar-refractivity contribution in [1.82, 2.24) is 4.90 Å². The lowest BCUT2D eigenvalue weighted by Gasteiger charge is -2.19. The second kappa shape index (κ2) is 10.9. The molecule has 0 aliphatic carbocycles. The zero-order chi connectivity index (χ0) is 24.6. The van der Waals surface area contributed by atoms with Gasteiger partial charge in [-0.25, -0.2) is 9.18 Å². The first-order valence-corrected chi connectivity index (χ1v) is 10.9. The van der Waals surface area contributed by atoms with E-state index >= 15 is 0 Å². The number of carbonyl (C=O) groups is 2. The number of carbonyl (C=O) groups excluding carboxylic acids is 1. The Balaban J connectivity index is 1.52. The molecule has 174 valence electrons. The number of ether oxygens (including phenoxy) is 1. The van der Waals surface area contributed by atoms with Gasteiger partial charge in [0.05, 0.1) is 12.1 Å². The number of carboxylic acid groups (broad SMARTS) is 1. The minimum atomic E-state index is -1.00. The van der Waals surface area contributed by atoms with Gasteiger partial charge in [-0.2, -0.15) is 0 Å². The Bertz CT molecular complexity index is 1330. The number of carboxylic acids is 1. The van der Waals surface area contributed by atoms with Crippen LogP contribution in [-0.4, -0.2) is 21.9 Å². The van der Waals surface area contributed by atoms with Crippen molar-refractivity contribution in [3.8, 4) is 11.5 Å². The molecular weight excluding hydrogens is 445 g/mol. The lowest BCUT2D eigenvalue weighted by molar-refractivity contribution is 0.0696. The first-order valence-electron chi connectivity index (χ1n) is 10.9. The highest BCUT2D eigenvalue weighted by atomic mass is 19.1. The first-order chi connectivity index (χ1) is 17.0. The van der Waals surface area contributed by atoms with Crippen molar-refractivity contribution in [1.29, 1.82) is 0 Å². The molecule has 0 saturated carbocycles. The van der Waals surface area contributed by atoms with Crippen molar-refractivity contribution in [2.45, 2.75) is 6.54 Å². The van der Waals surface area contributed by atoms with Crippen molar-refractivity contribution in [2.24, 2.45) is 0 Å². The van der Waals surface area contributed by atoms with E-state index in [1.54, 1.807) is 96.0 Å². The molecule has 0 aromatic heterocycles. The van der Waals surface area contributed by atoms with Crippen molar-refractivity contribution in [3.05, 3.63) is 137 Å². The third kappa shape index (κ3) is 6.21. The van der Waals surface area contributed by atoms with Gasteiger partial charge < -0.3 is 14.7 Å². The van der Waals surface area contributed by atoms with Crippen LogP contribution in [0.2, 0.25) is 0 Å². The van der Waals surface area contributed by atoms with Gasteiger partial charge in [0.15, 0.2) is 11.6 Å². The highest BCUT2D eigenvalue weighted by Gasteiger charge is 2.14. The summed E-state index contributed by atoms with van der Waals surface area (Å²) in [5.74, 6) is -1.00. The number of hydrogen-bond donors (Lipinski definition) is 1. The van der Waals surface area contributed by atoms with Crippen LogP contribution in [0.3, 0.4) is 0 Å². The summed E-state index contributed by atoms with van der Waals surface area (Å²) in [5.41, 5.74) is 2.33. The lowest BCUT2D eigenvalue weighted by atomic mass is 10.1. The fourth-order valence-corrected chi connectivity index (χ4v) is 3.37. The van der Waals surface area contributed by atoms with E-state index in [-0.39, 0.29) is 23.8 Å². The SMILES string of the molecule is O=C(O)c1ccc(CN(C=Cc2ccc(Oc3ccccc3F)cc2)C(=O)c2ccccc2)cc1. The average Bonchev–Trinajstić information content (AvgIpc) is 2.89. The third-order valence-corrected chi connectivity index (χ3v) is 5.23. The molecule has 35 heavy (non-hydrogen) atoms. The molecule has 0 bridgehead atoms. The summed E-state index contributed by atoms with van der Waals surface area (Å²) in [6, 6.07) is 28.6. The van der Waals surface area contributed by atoms with E-state index in [4.69, 9.17) is 9.84 Å². The Morgan fingerprint density at radius 1 is 0.800 bits per heavy atom. The normalized spacial score (nSPS) is 10.8. The van der Waals surface area contributed by atoms with E-state index in [1.165, 1.54) is 18.2 Å². The summed E-state index contributed by atoms with van der Waals surface area (Å²) >= 11 is 0. The van der Waals surface area contributed by atoms with E-state index in [9.17, 15) is 14.0 Å². The third-order valence-electron chi connectivity index (χ3n) is 5.23. The Labute approximate surface area is 202 Å². The number of aromatic carboxylic acids is 1. The molecule has 0 atom stereocenters. The monoisotopic (exact) mass is 467 g/mol. The number of halogens is 1. The zero-order valence-corrected chi connectivity index (χ0v) is 18.7. The summed E-state index contributed by atoms with van der Waals surface area (Å²) < 4.78 is 19.4. The minimum Gasteiger partial charge on any atom is -0.478 e. The van der Waals surface area contributed by atoms with Gasteiger partial charge in [0.25, 0.3) is 5.91 Å². The number of nitrogens with zero attached hydrogens (tertiary/aromatic N) is 1. The zero-order valence-electron chi connectivity index (χ0n) is 18.7. The number of amides is 1. The molecule has 4 aromatic rings. The van der Waals surface area contributed by atoms with Crippen LogP contribution in [0.4, 0.5) is 4.39 Å². The van der Waals surface area contributed by atoms with Crippen molar-refractivity contribution < 1.29 is 23.8 Å². The molecule has 0 saturated heterocycles. The Kier molecular flexibility index (Phi) is 7.33. The fraction of sp³-hybridized carbons (Fsp3) is 0.0345. The maximum absolute atomic E-state index is 13.8. The molecule has 0 radical (unpaired) electrons.